The van der Waals surface area contributed by atoms with Crippen molar-refractivity contribution in [2.75, 3.05) is 13.7 Å². The Kier molecular flexibility index (Phi) is 9.88. The fourth-order valence-corrected chi connectivity index (χ4v) is 5.15. The molecule has 0 amide bonds. The van der Waals surface area contributed by atoms with Crippen molar-refractivity contribution < 1.29 is 42.8 Å². The highest BCUT2D eigenvalue weighted by Gasteiger charge is 2.53. The van der Waals surface area contributed by atoms with Crippen LogP contribution in [0, 0.1) is 0 Å². The van der Waals surface area contributed by atoms with Crippen LogP contribution in [0.25, 0.3) is 0 Å². The van der Waals surface area contributed by atoms with Gasteiger partial charge < -0.3 is 28.4 Å². The highest BCUT2D eigenvalue weighted by molar-refractivity contribution is 5.68. The molecule has 9 heteroatoms. The third-order valence-corrected chi connectivity index (χ3v) is 6.73. The molecule has 0 radical (unpaired) electrons. The van der Waals surface area contributed by atoms with E-state index in [2.05, 4.69) is 0 Å². The molecule has 1 fully saturated rings. The summed E-state index contributed by atoms with van der Waals surface area (Å²) >= 11 is 0. The van der Waals surface area contributed by atoms with E-state index in [4.69, 9.17) is 28.4 Å². The summed E-state index contributed by atoms with van der Waals surface area (Å²) in [5, 5.41) is 0. The molecule has 0 bridgehead atoms. The van der Waals surface area contributed by atoms with Crippen LogP contribution < -0.4 is 0 Å². The van der Waals surface area contributed by atoms with Gasteiger partial charge in [-0.15, -0.1) is 0 Å². The van der Waals surface area contributed by atoms with Gasteiger partial charge in [0.1, 0.15) is 11.7 Å². The molecule has 4 rings (SSSR count). The van der Waals surface area contributed by atoms with E-state index >= 15 is 0 Å². The number of rotatable bonds is 10. The molecule has 0 unspecified atom stereocenters. The van der Waals surface area contributed by atoms with Crippen LogP contribution in [0.5, 0.6) is 0 Å². The van der Waals surface area contributed by atoms with E-state index < -0.39 is 54.2 Å². The Morgan fingerprint density at radius 1 is 0.634 bits per heavy atom. The molecule has 0 saturated carbocycles. The van der Waals surface area contributed by atoms with Crippen molar-refractivity contribution >= 4 is 17.9 Å². The highest BCUT2D eigenvalue weighted by atomic mass is 16.7. The fourth-order valence-electron chi connectivity index (χ4n) is 5.15. The largest absolute Gasteiger partial charge is 0.456 e. The van der Waals surface area contributed by atoms with Gasteiger partial charge in [-0.25, -0.2) is 0 Å². The maximum Gasteiger partial charge on any atom is 0.303 e. The molecule has 0 spiro atoms. The predicted molar refractivity (Wildman–Crippen MR) is 147 cm³/mol. The van der Waals surface area contributed by atoms with Gasteiger partial charge in [0.2, 0.25) is 0 Å². The third-order valence-electron chi connectivity index (χ3n) is 6.73. The van der Waals surface area contributed by atoms with Crippen LogP contribution in [0.1, 0.15) is 37.5 Å². The standard InChI is InChI=1S/C32H34O9/c1-21(33)38-28-27(41-31(36-4)30(40-23(3)35)29(28)39-22(2)34)20-37-32(24-14-8-5-9-15-24,25-16-10-6-11-17-25)26-18-12-7-13-19-26/h5-19,27-31H,20H2,1-4H3/t27-,28-,29-,30-,31+/m1/s1. The molecule has 0 aliphatic carbocycles. The molecule has 5 atom stereocenters. The first-order chi connectivity index (χ1) is 19.8. The van der Waals surface area contributed by atoms with E-state index in [1.54, 1.807) is 0 Å². The minimum atomic E-state index is -1.22. The Hall–Kier alpha value is -4.05. The van der Waals surface area contributed by atoms with Crippen molar-refractivity contribution in [2.24, 2.45) is 0 Å². The number of ether oxygens (including phenoxy) is 6. The van der Waals surface area contributed by atoms with E-state index in [9.17, 15) is 14.4 Å². The molecule has 0 aromatic heterocycles. The second-order valence-corrected chi connectivity index (χ2v) is 9.59. The Labute approximate surface area is 239 Å². The summed E-state index contributed by atoms with van der Waals surface area (Å²) in [6.07, 6.45) is -5.69. The van der Waals surface area contributed by atoms with Crippen LogP contribution in [0.2, 0.25) is 0 Å². The SMILES string of the molecule is CO[C@H]1O[C@H](COC(c2ccccc2)(c2ccccc2)c2ccccc2)[C@@H](OC(C)=O)[C@@H](OC(C)=O)[C@H]1OC(C)=O. The quantitative estimate of drug-likeness (QED) is 0.205. The van der Waals surface area contributed by atoms with Gasteiger partial charge in [-0.1, -0.05) is 91.0 Å². The van der Waals surface area contributed by atoms with E-state index in [-0.39, 0.29) is 6.61 Å². The molecule has 1 aliphatic rings. The maximum absolute atomic E-state index is 12.2. The average molecular weight is 563 g/mol. The summed E-state index contributed by atoms with van der Waals surface area (Å²) in [4.78, 5) is 36.3. The Balaban J connectivity index is 1.80. The van der Waals surface area contributed by atoms with Crippen LogP contribution in [0.4, 0.5) is 0 Å². The molecular formula is C32H34O9. The van der Waals surface area contributed by atoms with E-state index in [1.807, 2.05) is 91.0 Å². The van der Waals surface area contributed by atoms with Crippen LogP contribution in [-0.2, 0) is 48.4 Å². The van der Waals surface area contributed by atoms with E-state index in [0.717, 1.165) is 16.7 Å². The summed E-state index contributed by atoms with van der Waals surface area (Å²) in [5.41, 5.74) is 1.47. The van der Waals surface area contributed by atoms with Gasteiger partial charge in [0.25, 0.3) is 0 Å². The van der Waals surface area contributed by atoms with E-state index in [1.165, 1.54) is 27.9 Å². The van der Waals surface area contributed by atoms with Gasteiger partial charge in [-0.3, -0.25) is 14.4 Å². The normalized spacial score (nSPS) is 22.4. The number of esters is 3. The number of carbonyl (C=O) groups excluding carboxylic acids is 3. The summed E-state index contributed by atoms with van der Waals surface area (Å²) in [5.74, 6) is -1.95. The van der Waals surface area contributed by atoms with Gasteiger partial charge >= 0.3 is 17.9 Å². The Morgan fingerprint density at radius 3 is 1.41 bits per heavy atom. The lowest BCUT2D eigenvalue weighted by Gasteiger charge is -2.45. The zero-order valence-electron chi connectivity index (χ0n) is 23.4. The fraction of sp³-hybridized carbons (Fsp3) is 0.344. The number of hydrogen-bond donors (Lipinski definition) is 0. The molecule has 9 nitrogen and oxygen atoms in total. The molecule has 3 aromatic carbocycles. The minimum absolute atomic E-state index is 0.124. The molecule has 0 N–H and O–H groups in total. The van der Waals surface area contributed by atoms with Crippen molar-refractivity contribution in [3.63, 3.8) is 0 Å². The first-order valence-electron chi connectivity index (χ1n) is 13.3. The summed E-state index contributed by atoms with van der Waals surface area (Å²) in [6.45, 7) is 3.53. The van der Waals surface area contributed by atoms with Crippen molar-refractivity contribution in [1.29, 1.82) is 0 Å². The molecular weight excluding hydrogens is 528 g/mol. The van der Waals surface area contributed by atoms with Crippen LogP contribution in [0.15, 0.2) is 91.0 Å². The molecule has 216 valence electrons. The van der Waals surface area contributed by atoms with Crippen molar-refractivity contribution in [1.82, 2.24) is 0 Å². The molecule has 1 heterocycles. The first-order valence-corrected chi connectivity index (χ1v) is 13.3. The zero-order valence-corrected chi connectivity index (χ0v) is 23.4. The third kappa shape index (κ3) is 6.82. The van der Waals surface area contributed by atoms with Crippen molar-refractivity contribution in [3.05, 3.63) is 108 Å². The van der Waals surface area contributed by atoms with Crippen LogP contribution in [-0.4, -0.2) is 62.3 Å². The first kappa shape index (κ1) is 29.9. The number of carbonyl (C=O) groups is 3. The van der Waals surface area contributed by atoms with Gasteiger partial charge in [-0.2, -0.15) is 0 Å². The Morgan fingerprint density at radius 2 is 1.02 bits per heavy atom. The van der Waals surface area contributed by atoms with Gasteiger partial charge in [-0.05, 0) is 16.7 Å². The van der Waals surface area contributed by atoms with Gasteiger partial charge in [0, 0.05) is 27.9 Å². The van der Waals surface area contributed by atoms with Gasteiger partial charge in [0.05, 0.1) is 6.61 Å². The molecule has 1 aliphatic heterocycles. The monoisotopic (exact) mass is 562 g/mol. The summed E-state index contributed by atoms with van der Waals surface area (Å²) in [7, 11) is 1.37. The number of methoxy groups -OCH3 is 1. The summed E-state index contributed by atoms with van der Waals surface area (Å²) < 4.78 is 35.2. The number of hydrogen-bond acceptors (Lipinski definition) is 9. The minimum Gasteiger partial charge on any atom is -0.456 e. The second kappa shape index (κ2) is 13.5. The lowest BCUT2D eigenvalue weighted by molar-refractivity contribution is -0.306. The van der Waals surface area contributed by atoms with Crippen molar-refractivity contribution in [2.45, 2.75) is 57.1 Å². The van der Waals surface area contributed by atoms with Gasteiger partial charge in [0.15, 0.2) is 24.6 Å². The zero-order chi connectivity index (χ0) is 29.4. The van der Waals surface area contributed by atoms with Crippen molar-refractivity contribution in [3.8, 4) is 0 Å². The predicted octanol–water partition coefficient (Wildman–Crippen LogP) is 4.16. The molecule has 3 aromatic rings. The molecule has 1 saturated heterocycles. The molecule has 41 heavy (non-hydrogen) atoms. The highest BCUT2D eigenvalue weighted by Crippen LogP contribution is 2.41. The lowest BCUT2D eigenvalue weighted by Crippen LogP contribution is -2.63. The lowest BCUT2D eigenvalue weighted by atomic mass is 9.80. The maximum atomic E-state index is 12.2. The number of benzene rings is 3. The smallest absolute Gasteiger partial charge is 0.303 e. The van der Waals surface area contributed by atoms with E-state index in [0.29, 0.717) is 0 Å². The average Bonchev–Trinajstić information content (AvgIpc) is 2.97. The van der Waals surface area contributed by atoms with Crippen LogP contribution >= 0.6 is 0 Å². The Bertz CT molecular complexity index is 1200. The topological polar surface area (TPSA) is 107 Å². The second-order valence-electron chi connectivity index (χ2n) is 9.59. The van der Waals surface area contributed by atoms with Crippen LogP contribution in [0.3, 0.4) is 0 Å². The summed E-state index contributed by atoms with van der Waals surface area (Å²) in [6, 6.07) is 29.2.